The lowest BCUT2D eigenvalue weighted by atomic mass is 9.68. The minimum atomic E-state index is -0.390. The topological polar surface area (TPSA) is 29.5 Å². The molecule has 1 heterocycles. The molecule has 0 aromatic rings. The first-order valence-electron chi connectivity index (χ1n) is 8.01. The summed E-state index contributed by atoms with van der Waals surface area (Å²) in [7, 11) is 3.94. The summed E-state index contributed by atoms with van der Waals surface area (Å²) >= 11 is 0. The number of hydrogen-bond donors (Lipinski definition) is 0. The fourth-order valence-electron chi connectivity index (χ4n) is 3.43. The van der Waals surface area contributed by atoms with Crippen molar-refractivity contribution in [3.8, 4) is 0 Å². The van der Waals surface area contributed by atoms with Gasteiger partial charge < -0.3 is 9.64 Å². The van der Waals surface area contributed by atoms with Gasteiger partial charge in [0.1, 0.15) is 5.60 Å². The van der Waals surface area contributed by atoms with Crippen LogP contribution in [-0.4, -0.2) is 41.2 Å². The number of rotatable bonds is 2. The number of likely N-dealkylation sites (tertiary alicyclic amines) is 1. The third-order valence-electron chi connectivity index (χ3n) is 4.70. The SMILES string of the molecule is CSSC1CCC2(CC1)CCN(C(=O)OC(C)(C)C)CC2. The van der Waals surface area contributed by atoms with E-state index < -0.39 is 0 Å². The maximum atomic E-state index is 12.1. The van der Waals surface area contributed by atoms with E-state index >= 15 is 0 Å². The van der Waals surface area contributed by atoms with E-state index in [1.807, 2.05) is 47.3 Å². The standard InChI is InChI=1S/C16H29NO2S2/c1-15(2,3)19-14(18)17-11-9-16(10-12-17)7-5-13(6-8-16)21-20-4/h13H,5-12H2,1-4H3. The van der Waals surface area contributed by atoms with Crippen molar-refractivity contribution in [3.05, 3.63) is 0 Å². The van der Waals surface area contributed by atoms with Gasteiger partial charge in [0.05, 0.1) is 0 Å². The molecule has 122 valence electrons. The molecule has 0 bridgehead atoms. The van der Waals surface area contributed by atoms with E-state index in [0.717, 1.165) is 31.2 Å². The summed E-state index contributed by atoms with van der Waals surface area (Å²) in [5.41, 5.74) is 0.118. The zero-order valence-electron chi connectivity index (χ0n) is 13.8. The lowest BCUT2D eigenvalue weighted by Crippen LogP contribution is -2.46. The second-order valence-electron chi connectivity index (χ2n) is 7.43. The molecule has 0 aromatic carbocycles. The van der Waals surface area contributed by atoms with E-state index in [1.165, 1.54) is 25.7 Å². The average Bonchev–Trinajstić information content (AvgIpc) is 2.41. The van der Waals surface area contributed by atoms with Crippen molar-refractivity contribution in [2.75, 3.05) is 19.3 Å². The Kier molecular flexibility index (Phi) is 5.80. The van der Waals surface area contributed by atoms with Gasteiger partial charge >= 0.3 is 6.09 Å². The molecule has 5 heteroatoms. The fourth-order valence-corrected chi connectivity index (χ4v) is 5.52. The molecule has 2 fully saturated rings. The van der Waals surface area contributed by atoms with E-state index in [9.17, 15) is 4.79 Å². The van der Waals surface area contributed by atoms with Gasteiger partial charge in [-0.3, -0.25) is 0 Å². The van der Waals surface area contributed by atoms with Crippen LogP contribution in [0.25, 0.3) is 0 Å². The van der Waals surface area contributed by atoms with Crippen LogP contribution < -0.4 is 0 Å². The highest BCUT2D eigenvalue weighted by Crippen LogP contribution is 2.48. The third-order valence-corrected chi connectivity index (χ3v) is 7.03. The zero-order valence-corrected chi connectivity index (χ0v) is 15.4. The quantitative estimate of drug-likeness (QED) is 0.669. The van der Waals surface area contributed by atoms with Crippen LogP contribution in [0.4, 0.5) is 4.79 Å². The Balaban J connectivity index is 1.79. The van der Waals surface area contributed by atoms with Crippen molar-refractivity contribution in [2.24, 2.45) is 5.41 Å². The van der Waals surface area contributed by atoms with Gasteiger partial charge in [-0.15, -0.1) is 0 Å². The van der Waals surface area contributed by atoms with Gasteiger partial charge in [-0.1, -0.05) is 21.6 Å². The molecule has 1 saturated heterocycles. The molecule has 0 aromatic heterocycles. The number of amides is 1. The summed E-state index contributed by atoms with van der Waals surface area (Å²) in [6.07, 6.45) is 9.72. The van der Waals surface area contributed by atoms with Crippen molar-refractivity contribution in [1.29, 1.82) is 0 Å². The van der Waals surface area contributed by atoms with Crippen LogP contribution in [0, 0.1) is 5.41 Å². The molecule has 2 rings (SSSR count). The predicted molar refractivity (Wildman–Crippen MR) is 92.8 cm³/mol. The Morgan fingerprint density at radius 3 is 2.19 bits per heavy atom. The Bertz CT molecular complexity index is 350. The summed E-state index contributed by atoms with van der Waals surface area (Å²) in [5, 5.41) is 0.842. The molecule has 0 N–H and O–H groups in total. The van der Waals surface area contributed by atoms with Gasteiger partial charge in [0.25, 0.3) is 0 Å². The molecular formula is C16H29NO2S2. The van der Waals surface area contributed by atoms with Crippen LogP contribution in [0.15, 0.2) is 0 Å². The maximum absolute atomic E-state index is 12.1. The summed E-state index contributed by atoms with van der Waals surface area (Å²) in [6, 6.07) is 0. The number of hydrogen-bond acceptors (Lipinski definition) is 4. The van der Waals surface area contributed by atoms with Crippen LogP contribution in [0.5, 0.6) is 0 Å². The molecule has 21 heavy (non-hydrogen) atoms. The highest BCUT2D eigenvalue weighted by Gasteiger charge is 2.39. The van der Waals surface area contributed by atoms with Gasteiger partial charge in [0, 0.05) is 18.3 Å². The first-order valence-corrected chi connectivity index (χ1v) is 10.6. The van der Waals surface area contributed by atoms with Crippen LogP contribution >= 0.6 is 21.6 Å². The van der Waals surface area contributed by atoms with Crippen LogP contribution in [0.3, 0.4) is 0 Å². The third kappa shape index (κ3) is 4.98. The average molecular weight is 332 g/mol. The van der Waals surface area contributed by atoms with Crippen molar-refractivity contribution in [2.45, 2.75) is 70.1 Å². The number of ether oxygens (including phenoxy) is 1. The van der Waals surface area contributed by atoms with Crippen molar-refractivity contribution < 1.29 is 9.53 Å². The van der Waals surface area contributed by atoms with E-state index in [2.05, 4.69) is 6.26 Å². The molecule has 1 saturated carbocycles. The summed E-state index contributed by atoms with van der Waals surface area (Å²) in [6.45, 7) is 7.54. The Morgan fingerprint density at radius 2 is 1.71 bits per heavy atom. The van der Waals surface area contributed by atoms with Gasteiger partial charge in [0.15, 0.2) is 0 Å². The van der Waals surface area contributed by atoms with Gasteiger partial charge in [0.2, 0.25) is 0 Å². The highest BCUT2D eigenvalue weighted by atomic mass is 33.1. The zero-order chi connectivity index (χ0) is 15.5. The normalized spacial score (nSPS) is 23.3. The number of carbonyl (C=O) groups is 1. The Hall–Kier alpha value is -0.0300. The van der Waals surface area contributed by atoms with Crippen molar-refractivity contribution in [3.63, 3.8) is 0 Å². The van der Waals surface area contributed by atoms with Gasteiger partial charge in [-0.25, -0.2) is 4.79 Å². The lowest BCUT2D eigenvalue weighted by molar-refractivity contribution is 0.00480. The smallest absolute Gasteiger partial charge is 0.410 e. The molecule has 2 aliphatic rings. The largest absolute Gasteiger partial charge is 0.444 e. The molecule has 3 nitrogen and oxygen atoms in total. The van der Waals surface area contributed by atoms with Gasteiger partial charge in [-0.2, -0.15) is 0 Å². The first kappa shape index (κ1) is 17.3. The molecule has 0 atom stereocenters. The van der Waals surface area contributed by atoms with E-state index in [0.29, 0.717) is 5.41 Å². The van der Waals surface area contributed by atoms with Gasteiger partial charge in [-0.05, 0) is 71.0 Å². The maximum Gasteiger partial charge on any atom is 0.410 e. The second-order valence-corrected chi connectivity index (χ2v) is 10.2. The predicted octanol–water partition coefficient (Wildman–Crippen LogP) is 4.96. The van der Waals surface area contributed by atoms with E-state index in [-0.39, 0.29) is 11.7 Å². The first-order chi connectivity index (χ1) is 9.84. The van der Waals surface area contributed by atoms with E-state index in [4.69, 9.17) is 4.74 Å². The molecule has 1 spiro atoms. The molecule has 0 radical (unpaired) electrons. The van der Waals surface area contributed by atoms with Crippen LogP contribution in [-0.2, 0) is 4.74 Å². The highest BCUT2D eigenvalue weighted by molar-refractivity contribution is 8.76. The van der Waals surface area contributed by atoms with E-state index in [1.54, 1.807) is 0 Å². The summed E-state index contributed by atoms with van der Waals surface area (Å²) in [4.78, 5) is 14.0. The minimum absolute atomic E-state index is 0.135. The summed E-state index contributed by atoms with van der Waals surface area (Å²) in [5.74, 6) is 0. The second kappa shape index (κ2) is 7.03. The monoisotopic (exact) mass is 331 g/mol. The number of carbonyl (C=O) groups excluding carboxylic acids is 1. The van der Waals surface area contributed by atoms with Crippen molar-refractivity contribution >= 4 is 27.7 Å². The number of nitrogens with zero attached hydrogens (tertiary/aromatic N) is 1. The Labute approximate surface area is 137 Å². The molecular weight excluding hydrogens is 302 g/mol. The summed E-state index contributed by atoms with van der Waals surface area (Å²) < 4.78 is 5.48. The van der Waals surface area contributed by atoms with Crippen LogP contribution in [0.1, 0.15) is 59.3 Å². The van der Waals surface area contributed by atoms with Crippen molar-refractivity contribution in [1.82, 2.24) is 4.90 Å². The molecule has 1 amide bonds. The molecule has 1 aliphatic carbocycles. The Morgan fingerprint density at radius 1 is 1.14 bits per heavy atom. The lowest BCUT2D eigenvalue weighted by Gasteiger charge is -2.45. The van der Waals surface area contributed by atoms with Crippen LogP contribution in [0.2, 0.25) is 0 Å². The fraction of sp³-hybridized carbons (Fsp3) is 0.938. The minimum Gasteiger partial charge on any atom is -0.444 e. The molecule has 1 aliphatic heterocycles. The molecule has 0 unspecified atom stereocenters. The number of piperidine rings is 1.